The van der Waals surface area contributed by atoms with Crippen molar-refractivity contribution >= 4 is 17.4 Å². The largest absolute Gasteiger partial charge is 0.495 e. The van der Waals surface area contributed by atoms with Gasteiger partial charge >= 0.3 is 0 Å². The minimum atomic E-state index is -0.545. The lowest BCUT2D eigenvalue weighted by molar-refractivity contribution is 0.103. The highest BCUT2D eigenvalue weighted by molar-refractivity contribution is 6.32. The summed E-state index contributed by atoms with van der Waals surface area (Å²) < 4.78 is 18.5. The molecule has 0 fully saturated rings. The smallest absolute Gasteiger partial charge is 0.196 e. The molecule has 0 aliphatic heterocycles. The fraction of sp³-hybridized carbons (Fsp3) is 0.0714. The molecule has 2 aromatic rings. The van der Waals surface area contributed by atoms with Crippen molar-refractivity contribution in [3.63, 3.8) is 0 Å². The standard InChI is InChI=1S/C14H10ClFO2/c1-18-13-8-9(6-7-11(13)15)14(17)10-4-2-3-5-12(10)16/h2-8H,1H3. The molecule has 18 heavy (non-hydrogen) atoms. The molecule has 0 N–H and O–H groups in total. The van der Waals surface area contributed by atoms with Crippen LogP contribution in [0.15, 0.2) is 42.5 Å². The fourth-order valence-electron chi connectivity index (χ4n) is 1.60. The van der Waals surface area contributed by atoms with Crippen LogP contribution in [0.3, 0.4) is 0 Å². The molecular weight excluding hydrogens is 255 g/mol. The molecule has 0 atom stereocenters. The number of methoxy groups -OCH3 is 1. The van der Waals surface area contributed by atoms with E-state index in [0.29, 0.717) is 16.3 Å². The summed E-state index contributed by atoms with van der Waals surface area (Å²) in [5, 5.41) is 0.405. The van der Waals surface area contributed by atoms with Crippen molar-refractivity contribution in [1.29, 1.82) is 0 Å². The van der Waals surface area contributed by atoms with Gasteiger partial charge < -0.3 is 4.74 Å². The maximum absolute atomic E-state index is 13.5. The zero-order chi connectivity index (χ0) is 13.1. The Hall–Kier alpha value is -1.87. The SMILES string of the molecule is COc1cc(C(=O)c2ccccc2F)ccc1Cl. The summed E-state index contributed by atoms with van der Waals surface area (Å²) in [6, 6.07) is 10.4. The van der Waals surface area contributed by atoms with Gasteiger partial charge in [-0.05, 0) is 30.3 Å². The first-order chi connectivity index (χ1) is 8.63. The van der Waals surface area contributed by atoms with Gasteiger partial charge in [0.2, 0.25) is 0 Å². The Morgan fingerprint density at radius 1 is 1.22 bits per heavy atom. The molecule has 0 aromatic heterocycles. The zero-order valence-corrected chi connectivity index (χ0v) is 10.4. The highest BCUT2D eigenvalue weighted by Crippen LogP contribution is 2.26. The van der Waals surface area contributed by atoms with Crippen LogP contribution in [0.1, 0.15) is 15.9 Å². The Balaban J connectivity index is 2.44. The fourth-order valence-corrected chi connectivity index (χ4v) is 1.80. The summed E-state index contributed by atoms with van der Waals surface area (Å²) in [6.45, 7) is 0. The molecule has 0 unspecified atom stereocenters. The lowest BCUT2D eigenvalue weighted by Gasteiger charge is -2.06. The molecule has 2 aromatic carbocycles. The van der Waals surface area contributed by atoms with E-state index in [2.05, 4.69) is 0 Å². The second-order valence-electron chi connectivity index (χ2n) is 3.66. The number of rotatable bonds is 3. The van der Waals surface area contributed by atoms with Crippen LogP contribution < -0.4 is 4.74 Å². The summed E-state index contributed by atoms with van der Waals surface area (Å²) in [5.41, 5.74) is 0.364. The first-order valence-electron chi connectivity index (χ1n) is 5.26. The van der Waals surface area contributed by atoms with E-state index in [-0.39, 0.29) is 5.56 Å². The van der Waals surface area contributed by atoms with Crippen molar-refractivity contribution < 1.29 is 13.9 Å². The third-order valence-electron chi connectivity index (χ3n) is 2.53. The van der Waals surface area contributed by atoms with E-state index in [1.807, 2.05) is 0 Å². The van der Waals surface area contributed by atoms with Gasteiger partial charge in [-0.1, -0.05) is 23.7 Å². The Labute approximate surface area is 109 Å². The van der Waals surface area contributed by atoms with Crippen molar-refractivity contribution in [1.82, 2.24) is 0 Å². The van der Waals surface area contributed by atoms with Gasteiger partial charge in [0, 0.05) is 5.56 Å². The molecule has 2 rings (SSSR count). The normalized spacial score (nSPS) is 10.2. The summed E-state index contributed by atoms with van der Waals surface area (Å²) in [5.74, 6) is -0.557. The Morgan fingerprint density at radius 2 is 1.94 bits per heavy atom. The van der Waals surface area contributed by atoms with E-state index < -0.39 is 11.6 Å². The van der Waals surface area contributed by atoms with Crippen LogP contribution in [0.4, 0.5) is 4.39 Å². The van der Waals surface area contributed by atoms with Gasteiger partial charge in [-0.2, -0.15) is 0 Å². The second kappa shape index (κ2) is 5.19. The monoisotopic (exact) mass is 264 g/mol. The van der Waals surface area contributed by atoms with Crippen LogP contribution in [-0.4, -0.2) is 12.9 Å². The van der Waals surface area contributed by atoms with E-state index >= 15 is 0 Å². The van der Waals surface area contributed by atoms with E-state index in [0.717, 1.165) is 0 Å². The maximum atomic E-state index is 13.5. The third-order valence-corrected chi connectivity index (χ3v) is 2.84. The lowest BCUT2D eigenvalue weighted by atomic mass is 10.0. The molecule has 0 bridgehead atoms. The van der Waals surface area contributed by atoms with Crippen molar-refractivity contribution in [2.45, 2.75) is 0 Å². The molecule has 0 saturated carbocycles. The van der Waals surface area contributed by atoms with Crippen LogP contribution in [0.25, 0.3) is 0 Å². The number of carbonyl (C=O) groups excluding carboxylic acids is 1. The van der Waals surface area contributed by atoms with E-state index in [1.165, 1.54) is 31.4 Å². The minimum absolute atomic E-state index is 0.0295. The van der Waals surface area contributed by atoms with Crippen LogP contribution in [0, 0.1) is 5.82 Å². The number of ether oxygens (including phenoxy) is 1. The second-order valence-corrected chi connectivity index (χ2v) is 4.07. The number of hydrogen-bond acceptors (Lipinski definition) is 2. The summed E-state index contributed by atoms with van der Waals surface area (Å²) in [7, 11) is 1.46. The molecule has 0 aliphatic carbocycles. The topological polar surface area (TPSA) is 26.3 Å². The van der Waals surface area contributed by atoms with Crippen molar-refractivity contribution in [2.24, 2.45) is 0 Å². The average Bonchev–Trinajstić information content (AvgIpc) is 2.39. The van der Waals surface area contributed by atoms with E-state index in [4.69, 9.17) is 16.3 Å². The Morgan fingerprint density at radius 3 is 2.61 bits per heavy atom. The van der Waals surface area contributed by atoms with Gasteiger partial charge in [-0.25, -0.2) is 4.39 Å². The van der Waals surface area contributed by atoms with Gasteiger partial charge in [0.25, 0.3) is 0 Å². The number of hydrogen-bond donors (Lipinski definition) is 0. The van der Waals surface area contributed by atoms with Gasteiger partial charge in [0.15, 0.2) is 5.78 Å². The van der Waals surface area contributed by atoms with Crippen molar-refractivity contribution in [2.75, 3.05) is 7.11 Å². The quantitative estimate of drug-likeness (QED) is 0.790. The minimum Gasteiger partial charge on any atom is -0.495 e. The third kappa shape index (κ3) is 2.36. The van der Waals surface area contributed by atoms with Gasteiger partial charge in [0.05, 0.1) is 17.7 Å². The predicted molar refractivity (Wildman–Crippen MR) is 67.8 cm³/mol. The Bertz CT molecular complexity index is 596. The molecule has 0 saturated heterocycles. The first kappa shape index (κ1) is 12.6. The van der Waals surface area contributed by atoms with Crippen LogP contribution in [-0.2, 0) is 0 Å². The summed E-state index contributed by atoms with van der Waals surface area (Å²) in [4.78, 5) is 12.1. The van der Waals surface area contributed by atoms with E-state index in [1.54, 1.807) is 18.2 Å². The number of ketones is 1. The van der Waals surface area contributed by atoms with Crippen LogP contribution in [0.2, 0.25) is 5.02 Å². The molecular formula is C14H10ClFO2. The van der Waals surface area contributed by atoms with Gasteiger partial charge in [-0.3, -0.25) is 4.79 Å². The Kier molecular flexibility index (Phi) is 3.63. The van der Waals surface area contributed by atoms with Gasteiger partial charge in [0.1, 0.15) is 11.6 Å². The molecule has 2 nitrogen and oxygen atoms in total. The maximum Gasteiger partial charge on any atom is 0.196 e. The summed E-state index contributed by atoms with van der Waals surface area (Å²) in [6.07, 6.45) is 0. The molecule has 4 heteroatoms. The number of carbonyl (C=O) groups is 1. The summed E-state index contributed by atoms with van der Waals surface area (Å²) >= 11 is 5.87. The number of halogens is 2. The molecule has 0 radical (unpaired) electrons. The van der Waals surface area contributed by atoms with Crippen LogP contribution in [0.5, 0.6) is 5.75 Å². The molecule has 92 valence electrons. The molecule has 0 spiro atoms. The van der Waals surface area contributed by atoms with Gasteiger partial charge in [-0.15, -0.1) is 0 Å². The zero-order valence-electron chi connectivity index (χ0n) is 9.61. The van der Waals surface area contributed by atoms with Crippen LogP contribution >= 0.6 is 11.6 Å². The molecule has 0 amide bonds. The highest BCUT2D eigenvalue weighted by atomic mass is 35.5. The highest BCUT2D eigenvalue weighted by Gasteiger charge is 2.14. The predicted octanol–water partition coefficient (Wildman–Crippen LogP) is 3.72. The first-order valence-corrected chi connectivity index (χ1v) is 5.64. The van der Waals surface area contributed by atoms with E-state index in [9.17, 15) is 9.18 Å². The number of benzene rings is 2. The van der Waals surface area contributed by atoms with Crippen molar-refractivity contribution in [3.05, 3.63) is 64.4 Å². The average molecular weight is 265 g/mol. The molecule has 0 heterocycles. The molecule has 0 aliphatic rings. The lowest BCUT2D eigenvalue weighted by Crippen LogP contribution is -2.04. The van der Waals surface area contributed by atoms with Crippen molar-refractivity contribution in [3.8, 4) is 5.75 Å².